The summed E-state index contributed by atoms with van der Waals surface area (Å²) in [6.07, 6.45) is -5.14. The zero-order valence-corrected chi connectivity index (χ0v) is 20.9. The third-order valence-corrected chi connectivity index (χ3v) is 6.08. The number of nitrogens with zero attached hydrogens (tertiary/aromatic N) is 2. The molecular formula is C27H23F3N4O6. The van der Waals surface area contributed by atoms with Crippen LogP contribution in [0.3, 0.4) is 0 Å². The highest BCUT2D eigenvalue weighted by Crippen LogP contribution is 2.34. The molecule has 3 amide bonds. The fourth-order valence-corrected chi connectivity index (χ4v) is 4.08. The van der Waals surface area contributed by atoms with E-state index in [-0.39, 0.29) is 18.0 Å². The summed E-state index contributed by atoms with van der Waals surface area (Å²) in [5.74, 6) is -5.93. The average molecular weight is 556 g/mol. The molecule has 0 radical (unpaired) electrons. The van der Waals surface area contributed by atoms with Crippen molar-refractivity contribution in [1.82, 2.24) is 15.2 Å². The van der Waals surface area contributed by atoms with E-state index in [9.17, 15) is 32.3 Å². The Hall–Kier alpha value is -4.94. The van der Waals surface area contributed by atoms with Crippen LogP contribution in [0.5, 0.6) is 5.75 Å². The number of rotatable bonds is 7. The van der Waals surface area contributed by atoms with Crippen LogP contribution in [-0.2, 0) is 20.7 Å². The van der Waals surface area contributed by atoms with Crippen molar-refractivity contribution in [2.75, 3.05) is 5.73 Å². The van der Waals surface area contributed by atoms with Crippen molar-refractivity contribution in [1.29, 1.82) is 0 Å². The summed E-state index contributed by atoms with van der Waals surface area (Å²) in [5, 5.41) is 2.71. The number of halogens is 3. The third-order valence-electron chi connectivity index (χ3n) is 6.08. The van der Waals surface area contributed by atoms with Gasteiger partial charge in [0.1, 0.15) is 17.1 Å². The number of amides is 3. The van der Waals surface area contributed by atoms with Gasteiger partial charge in [-0.2, -0.15) is 13.2 Å². The molecule has 0 unspecified atom stereocenters. The number of hydrogen-bond acceptors (Lipinski definition) is 8. The Bertz CT molecular complexity index is 1430. The van der Waals surface area contributed by atoms with Crippen molar-refractivity contribution in [3.63, 3.8) is 0 Å². The van der Waals surface area contributed by atoms with E-state index < -0.39 is 53.8 Å². The minimum atomic E-state index is -5.40. The normalized spacial score (nSPS) is 17.4. The van der Waals surface area contributed by atoms with Gasteiger partial charge in [-0.3, -0.25) is 4.79 Å². The predicted molar refractivity (Wildman–Crippen MR) is 133 cm³/mol. The number of nitrogen functional groups attached to an aromatic ring is 1. The van der Waals surface area contributed by atoms with Crippen molar-refractivity contribution in [2.45, 2.75) is 31.8 Å². The first kappa shape index (κ1) is 28.1. The highest BCUT2D eigenvalue weighted by molar-refractivity contribution is 6.02. The summed E-state index contributed by atoms with van der Waals surface area (Å²) < 4.78 is 47.7. The largest absolute Gasteiger partial charge is 0.491 e. The van der Waals surface area contributed by atoms with Crippen molar-refractivity contribution in [2.24, 2.45) is 5.92 Å². The summed E-state index contributed by atoms with van der Waals surface area (Å²) in [7, 11) is 0. The number of nitrogens with one attached hydrogen (secondary N) is 1. The molecule has 0 aliphatic carbocycles. The Morgan fingerprint density at radius 3 is 2.42 bits per heavy atom. The number of carbonyl (C=O) groups excluding carboxylic acids is 4. The summed E-state index contributed by atoms with van der Waals surface area (Å²) >= 11 is 0. The van der Waals surface area contributed by atoms with Gasteiger partial charge in [0.05, 0.1) is 12.0 Å². The van der Waals surface area contributed by atoms with Crippen LogP contribution in [0.1, 0.15) is 34.5 Å². The quantitative estimate of drug-likeness (QED) is 0.255. The van der Waals surface area contributed by atoms with Crippen molar-refractivity contribution < 1.29 is 41.8 Å². The standard InChI is InChI=1S/C27H23F3N4O6/c1-15(17-7-3-2-4-8-17)33-26(38)34-22(35)19(13-16-11-12-32-21(31)14-16)23(34)39-20-10-6-5-9-18(20)24(36)40-25(37)27(28,29)30/h2-12,14-15,19,23H,13H2,1H3,(H2,31,32)(H,33,38)/t15-,19+,23-/m1/s1. The second kappa shape index (κ2) is 11.4. The highest BCUT2D eigenvalue weighted by Gasteiger charge is 2.53. The first-order valence-corrected chi connectivity index (χ1v) is 11.9. The van der Waals surface area contributed by atoms with Crippen molar-refractivity contribution >= 4 is 29.7 Å². The number of hydrogen-bond donors (Lipinski definition) is 2. The number of benzene rings is 2. The first-order valence-electron chi connectivity index (χ1n) is 11.9. The number of para-hydroxylation sites is 1. The molecular weight excluding hydrogens is 533 g/mol. The Balaban J connectivity index is 1.60. The lowest BCUT2D eigenvalue weighted by molar-refractivity contribution is -0.193. The van der Waals surface area contributed by atoms with Crippen LogP contribution < -0.4 is 15.8 Å². The summed E-state index contributed by atoms with van der Waals surface area (Å²) in [6, 6.07) is 15.9. The molecule has 3 N–H and O–H groups in total. The maximum atomic E-state index is 13.2. The summed E-state index contributed by atoms with van der Waals surface area (Å²) in [4.78, 5) is 54.7. The second-order valence-electron chi connectivity index (χ2n) is 8.87. The van der Waals surface area contributed by atoms with Gasteiger partial charge in [0, 0.05) is 6.20 Å². The SMILES string of the molecule is C[C@@H](NC(=O)N1C(=O)[C@H](Cc2ccnc(N)c2)[C@H]1Oc1ccccc1C(=O)OC(=O)C(F)(F)F)c1ccccc1. The van der Waals surface area contributed by atoms with Crippen molar-refractivity contribution in [3.8, 4) is 5.75 Å². The van der Waals surface area contributed by atoms with E-state index in [1.165, 1.54) is 24.4 Å². The van der Waals surface area contributed by atoms with Crippen molar-refractivity contribution in [3.05, 3.63) is 89.6 Å². The Kier molecular flexibility index (Phi) is 8.03. The number of ether oxygens (including phenoxy) is 2. The molecule has 3 aromatic rings. The van der Waals surface area contributed by atoms with E-state index in [0.717, 1.165) is 16.5 Å². The lowest BCUT2D eigenvalue weighted by Crippen LogP contribution is -2.68. The molecule has 0 spiro atoms. The first-order chi connectivity index (χ1) is 19.0. The lowest BCUT2D eigenvalue weighted by atomic mass is 9.89. The smallest absolute Gasteiger partial charge is 0.468 e. The number of carbonyl (C=O) groups is 4. The molecule has 0 bridgehead atoms. The predicted octanol–water partition coefficient (Wildman–Crippen LogP) is 3.79. The molecule has 1 aliphatic heterocycles. The molecule has 1 aliphatic rings. The van der Waals surface area contributed by atoms with Gasteiger partial charge in [0.2, 0.25) is 5.91 Å². The van der Waals surface area contributed by atoms with E-state index in [1.54, 1.807) is 43.3 Å². The fraction of sp³-hybridized carbons (Fsp3) is 0.222. The fourth-order valence-electron chi connectivity index (χ4n) is 4.08. The monoisotopic (exact) mass is 556 g/mol. The topological polar surface area (TPSA) is 141 Å². The third kappa shape index (κ3) is 6.20. The second-order valence-corrected chi connectivity index (χ2v) is 8.87. The number of aromatic nitrogens is 1. The zero-order valence-electron chi connectivity index (χ0n) is 20.9. The molecule has 4 rings (SSSR count). The molecule has 2 aromatic carbocycles. The molecule has 40 heavy (non-hydrogen) atoms. The zero-order chi connectivity index (χ0) is 29.0. The van der Waals surface area contributed by atoms with Gasteiger partial charge in [-0.15, -0.1) is 0 Å². The number of alkyl halides is 3. The molecule has 208 valence electrons. The number of pyridine rings is 1. The number of anilines is 1. The number of likely N-dealkylation sites (tertiary alicyclic amines) is 1. The Morgan fingerprint density at radius 1 is 1.07 bits per heavy atom. The van der Waals surface area contributed by atoms with E-state index in [0.29, 0.717) is 5.56 Å². The number of nitrogens with two attached hydrogens (primary N) is 1. The number of β-lactam (4-membered cyclic amide) rings is 1. The van der Waals surface area contributed by atoms with Gasteiger partial charge in [0.15, 0.2) is 6.23 Å². The van der Waals surface area contributed by atoms with E-state index >= 15 is 0 Å². The molecule has 10 nitrogen and oxygen atoms in total. The molecule has 13 heteroatoms. The molecule has 2 heterocycles. The molecule has 1 saturated heterocycles. The molecule has 3 atom stereocenters. The average Bonchev–Trinajstić information content (AvgIpc) is 2.91. The minimum absolute atomic E-state index is 0.0768. The molecule has 0 saturated carbocycles. The Morgan fingerprint density at radius 2 is 1.75 bits per heavy atom. The van der Waals surface area contributed by atoms with Crippen LogP contribution in [0.25, 0.3) is 0 Å². The maximum absolute atomic E-state index is 13.2. The van der Waals surface area contributed by atoms with E-state index in [2.05, 4.69) is 15.0 Å². The van der Waals surface area contributed by atoms with Gasteiger partial charge in [-0.1, -0.05) is 42.5 Å². The van der Waals surface area contributed by atoms with E-state index in [4.69, 9.17) is 10.5 Å². The summed E-state index contributed by atoms with van der Waals surface area (Å²) in [6.45, 7) is 1.72. The Labute approximate surface area is 225 Å². The highest BCUT2D eigenvalue weighted by atomic mass is 19.4. The van der Waals surface area contributed by atoms with Gasteiger partial charge < -0.3 is 20.5 Å². The van der Waals surface area contributed by atoms with Crippen LogP contribution in [0.15, 0.2) is 72.9 Å². The lowest BCUT2D eigenvalue weighted by Gasteiger charge is -2.45. The van der Waals surface area contributed by atoms with Crippen LogP contribution in [0.2, 0.25) is 0 Å². The molecule has 1 aromatic heterocycles. The number of imide groups is 1. The number of esters is 2. The minimum Gasteiger partial charge on any atom is -0.468 e. The van der Waals surface area contributed by atoms with Gasteiger partial charge >= 0.3 is 24.1 Å². The van der Waals surface area contributed by atoms with Gasteiger partial charge in [-0.05, 0) is 48.7 Å². The van der Waals surface area contributed by atoms with Crippen LogP contribution in [0.4, 0.5) is 23.8 Å². The van der Waals surface area contributed by atoms with Crippen LogP contribution in [0, 0.1) is 5.92 Å². The van der Waals surface area contributed by atoms with Gasteiger partial charge in [0.25, 0.3) is 0 Å². The summed E-state index contributed by atoms with van der Waals surface area (Å²) in [5.41, 5.74) is 6.61. The van der Waals surface area contributed by atoms with E-state index in [1.807, 2.05) is 6.07 Å². The number of urea groups is 1. The van der Waals surface area contributed by atoms with Gasteiger partial charge in [-0.25, -0.2) is 24.3 Å². The van der Waals surface area contributed by atoms with Crippen LogP contribution >= 0.6 is 0 Å². The maximum Gasteiger partial charge on any atom is 0.491 e. The van der Waals surface area contributed by atoms with Crippen LogP contribution in [-0.4, -0.2) is 46.2 Å². The molecule has 1 fully saturated rings.